The van der Waals surface area contributed by atoms with Crippen molar-refractivity contribution in [2.24, 2.45) is 17.2 Å². The Kier molecular flexibility index (Phi) is 42.4. The molecule has 38 heteroatoms. The Labute approximate surface area is 554 Å². The monoisotopic (exact) mass is 1510 g/mol. The predicted molar refractivity (Wildman–Crippen MR) is 309 cm³/mol. The molecule has 14 N–H and O–H groups in total. The van der Waals surface area contributed by atoms with E-state index in [9.17, 15) is 40.8 Å². The number of hydrogen-bond donors (Lipinski definition) is 11. The zero-order chi connectivity index (χ0) is 61.2. The number of aromatic nitrogens is 9. The Morgan fingerprint density at radius 2 is 1.07 bits per heavy atom. The van der Waals surface area contributed by atoms with Crippen molar-refractivity contribution < 1.29 is 131 Å². The van der Waals surface area contributed by atoms with Crippen LogP contribution < -0.4 is 35.3 Å². The average molecular weight is 1520 g/mol. The number of nitrogens with zero attached hydrogens (tertiary/aromatic N) is 11. The molecule has 4 aromatic heterocycles. The summed E-state index contributed by atoms with van der Waals surface area (Å²) in [5, 5.41) is 123. The Bertz CT molecular complexity index is 2610. The minimum atomic E-state index is -1.13. The van der Waals surface area contributed by atoms with Crippen LogP contribution in [0.5, 0.6) is 0 Å². The number of rotatable bonds is 24. The zero-order valence-electron chi connectivity index (χ0n) is 47.5. The van der Waals surface area contributed by atoms with Gasteiger partial charge < -0.3 is 83.6 Å². The number of hydrogen-bond acceptors (Lipinski definition) is 29. The molecular formula is C47H75Cl3N12NaO18PtS3+. The maximum Gasteiger partial charge on any atom is 1.00 e. The molecular weight excluding hydrogens is 1440 g/mol. The summed E-state index contributed by atoms with van der Waals surface area (Å²) in [5.74, 6) is 0.908. The van der Waals surface area contributed by atoms with Crippen molar-refractivity contribution in [1.29, 1.82) is 0 Å². The summed E-state index contributed by atoms with van der Waals surface area (Å²) in [6, 6.07) is -0.557. The van der Waals surface area contributed by atoms with E-state index in [1.807, 2.05) is 6.92 Å². The smallest absolute Gasteiger partial charge is 0.481 e. The summed E-state index contributed by atoms with van der Waals surface area (Å²) in [4.78, 5) is 53.4. The van der Waals surface area contributed by atoms with Gasteiger partial charge in [-0.2, -0.15) is 0 Å². The fraction of sp³-hybridized carbons (Fsp3) is 0.702. The SMILES string of the molecule is CC(=O)O.CCCSc1nc(Cl)c(N)c(C[C@@H]2C[C@H](OCCO)[C@@H](O)[C@H]2O)n1.CCCSc1nc(Cl)c([N+](=O)[O-])c(C[C@@H]2C[C@H](OCCO)[C@@H](O)[C@H]2O)n1.CCCSc1nc(Cl)c2nnn([C@@H]3C[C@H](OCCO)[C@@H](O)[C@H]3O)c2n1.O=N[OH2+].[CH3-].[Na+].[Pt]. The second kappa shape index (κ2) is 43.5. The van der Waals surface area contributed by atoms with E-state index < -0.39 is 77.8 Å². The first-order chi connectivity index (χ1) is 39.1. The number of fused-ring (bicyclic) bond motifs is 1. The number of nitrogens with two attached hydrogens (primary N) is 1. The molecule has 12 atom stereocenters. The van der Waals surface area contributed by atoms with Crippen molar-refractivity contribution in [2.45, 2.75) is 156 Å². The molecule has 4 aromatic rings. The number of halogens is 3. The number of aliphatic hydroxyl groups excluding tert-OH is 9. The fourth-order valence-electron chi connectivity index (χ4n) is 8.55. The van der Waals surface area contributed by atoms with Gasteiger partial charge in [0, 0.05) is 58.1 Å². The van der Waals surface area contributed by atoms with Crippen molar-refractivity contribution in [3.8, 4) is 0 Å². The largest absolute Gasteiger partial charge is 1.00 e. The topological polar surface area (TPSA) is 477 Å². The van der Waals surface area contributed by atoms with Crippen LogP contribution in [0.4, 0.5) is 11.4 Å². The molecule has 85 heavy (non-hydrogen) atoms. The average Bonchev–Trinajstić information content (AvgIpc) is 3.17. The Morgan fingerprint density at radius 3 is 1.49 bits per heavy atom. The molecule has 3 saturated carbocycles. The van der Waals surface area contributed by atoms with Crippen LogP contribution in [0.15, 0.2) is 20.8 Å². The Hall–Kier alpha value is -2.16. The molecule has 0 unspecified atom stereocenters. The van der Waals surface area contributed by atoms with Crippen LogP contribution in [-0.2, 0) is 52.9 Å². The van der Waals surface area contributed by atoms with E-state index in [1.54, 1.807) is 0 Å². The first-order valence-electron chi connectivity index (χ1n) is 25.7. The number of aliphatic hydroxyl groups is 9. The third kappa shape index (κ3) is 25.6. The normalized spacial score (nSPS) is 23.7. The molecule has 480 valence electrons. The number of nitrogen functional groups attached to an aromatic ring is 1. The second-order valence-electron chi connectivity index (χ2n) is 18.2. The van der Waals surface area contributed by atoms with Crippen LogP contribution in [-0.4, -0.2) is 224 Å². The molecule has 7 rings (SSSR count). The zero-order valence-corrected chi connectivity index (χ0v) is 56.4. The third-order valence-corrected chi connectivity index (χ3v) is 16.2. The van der Waals surface area contributed by atoms with Crippen LogP contribution >= 0.6 is 70.1 Å². The van der Waals surface area contributed by atoms with Gasteiger partial charge in [-0.15, -0.1) is 5.10 Å². The second-order valence-corrected chi connectivity index (χ2v) is 22.5. The molecule has 0 aromatic carbocycles. The number of ether oxygens (including phenoxy) is 3. The van der Waals surface area contributed by atoms with Gasteiger partial charge in [-0.1, -0.05) is 96.1 Å². The van der Waals surface area contributed by atoms with E-state index in [-0.39, 0.29) is 137 Å². The summed E-state index contributed by atoms with van der Waals surface area (Å²) in [6.07, 6.45) is -3.74. The molecule has 30 nitrogen and oxygen atoms in total. The molecule has 0 radical (unpaired) electrons. The van der Waals surface area contributed by atoms with Crippen LogP contribution in [0, 0.1) is 34.3 Å². The van der Waals surface area contributed by atoms with E-state index in [2.05, 4.69) is 54.1 Å². The number of nitro groups is 1. The predicted octanol–water partition coefficient (Wildman–Crippen LogP) is -0.566. The summed E-state index contributed by atoms with van der Waals surface area (Å²) >= 11 is 22.6. The standard InChI is InChI=1S/C15H22ClN3O6S.C15H24ClN3O4S.C14H20ClN5O4S.C2H4O2.CH3.HNO2.Na.Pt/c1-2-5-26-15-17-9(11(19(23)24)14(16)18-15)6-8-7-10(25-4-3-20)13(22)12(8)21;1-2-5-24-15-18-9(11(17)14(16)19-15)6-8-7-10(23-4-3-20)13(22)12(8)21;1-2-5-25-14-16-12(15)9-13(17-14)20(19-18-9)7-6-8(24-4-3-21)11(23)10(7)22;1-2(3)4;;2-1-3;;/h8,10,12-13,20-22H,2-7H2,1H3;8,10,12-13,20-22H,2-7,17H2,1H3;7-8,10-11,21-23H,2-6H2,1H3;1H3,(H,3,4);1H3;(H,2,3);;/q;;;;-1;;+1;/p+1/t2*8-,10+,12+,13-;7-,8+,10+,11-;;;;;/m111...../s1. The Morgan fingerprint density at radius 1 is 0.694 bits per heavy atom. The van der Waals surface area contributed by atoms with Gasteiger partial charge in [-0.05, 0) is 50.4 Å². The molecule has 3 aliphatic rings. The van der Waals surface area contributed by atoms with Crippen molar-refractivity contribution in [3.05, 3.63) is 49.3 Å². The van der Waals surface area contributed by atoms with Crippen LogP contribution in [0.2, 0.25) is 15.5 Å². The van der Waals surface area contributed by atoms with E-state index >= 15 is 0 Å². The fourth-order valence-corrected chi connectivity index (χ4v) is 11.5. The van der Waals surface area contributed by atoms with Gasteiger partial charge in [0.15, 0.2) is 36.9 Å². The minimum absolute atomic E-state index is 0. The number of aliphatic carboxylic acids is 1. The molecule has 0 aliphatic heterocycles. The van der Waals surface area contributed by atoms with Gasteiger partial charge in [-0.25, -0.2) is 34.6 Å². The summed E-state index contributed by atoms with van der Waals surface area (Å²) in [7, 11) is 0. The first-order valence-corrected chi connectivity index (χ1v) is 29.8. The van der Waals surface area contributed by atoms with Gasteiger partial charge in [0.1, 0.15) is 30.1 Å². The first kappa shape index (κ1) is 82.8. The van der Waals surface area contributed by atoms with Gasteiger partial charge in [0.05, 0.1) is 92.5 Å². The van der Waals surface area contributed by atoms with E-state index in [0.717, 1.165) is 43.4 Å². The van der Waals surface area contributed by atoms with Crippen LogP contribution in [0.1, 0.15) is 83.6 Å². The molecule has 4 heterocycles. The minimum Gasteiger partial charge on any atom is -0.481 e. The van der Waals surface area contributed by atoms with E-state index in [4.69, 9.17) is 90.1 Å². The summed E-state index contributed by atoms with van der Waals surface area (Å²) in [6.45, 7) is 6.97. The van der Waals surface area contributed by atoms with E-state index in [1.165, 1.54) is 45.3 Å². The molecule has 0 spiro atoms. The van der Waals surface area contributed by atoms with Crippen molar-refractivity contribution >= 4 is 98.6 Å². The third-order valence-electron chi connectivity index (χ3n) is 12.2. The summed E-state index contributed by atoms with van der Waals surface area (Å²) in [5.41, 5.74) is 7.38. The number of anilines is 1. The van der Waals surface area contributed by atoms with Crippen molar-refractivity contribution in [3.63, 3.8) is 0 Å². The van der Waals surface area contributed by atoms with Crippen molar-refractivity contribution in [2.75, 3.05) is 62.6 Å². The van der Waals surface area contributed by atoms with E-state index in [0.29, 0.717) is 63.7 Å². The maximum atomic E-state index is 11.4. The molecule has 0 bridgehead atoms. The number of thioether (sulfide) groups is 3. The van der Waals surface area contributed by atoms with Crippen LogP contribution in [0.25, 0.3) is 11.2 Å². The summed E-state index contributed by atoms with van der Waals surface area (Å²) < 4.78 is 17.6. The van der Waals surface area contributed by atoms with Crippen molar-refractivity contribution in [1.82, 2.24) is 44.9 Å². The molecule has 0 saturated heterocycles. The number of carboxylic acids is 1. The van der Waals surface area contributed by atoms with Gasteiger partial charge >= 0.3 is 40.6 Å². The van der Waals surface area contributed by atoms with Gasteiger partial charge in [0.2, 0.25) is 10.1 Å². The van der Waals surface area contributed by atoms with Gasteiger partial charge in [-0.3, -0.25) is 14.9 Å². The maximum absolute atomic E-state index is 11.4. The quantitative estimate of drug-likeness (QED) is 0.00482. The molecule has 3 aliphatic carbocycles. The van der Waals surface area contributed by atoms with Crippen LogP contribution in [0.3, 0.4) is 0 Å². The molecule has 3 fully saturated rings. The van der Waals surface area contributed by atoms with Gasteiger partial charge in [0.25, 0.3) is 5.97 Å². The number of carbonyl (C=O) groups is 1. The number of carboxylic acid groups (broad SMARTS) is 1. The Balaban J connectivity index is 0.00000116. The molecule has 0 amide bonds.